The summed E-state index contributed by atoms with van der Waals surface area (Å²) in [7, 11) is 0. The lowest BCUT2D eigenvalue weighted by molar-refractivity contribution is 0.139. The number of nitrogens with zero attached hydrogens (tertiary/aromatic N) is 2. The molecule has 0 radical (unpaired) electrons. The van der Waals surface area contributed by atoms with E-state index < -0.39 is 0 Å². The van der Waals surface area contributed by atoms with Gasteiger partial charge in [0.1, 0.15) is 0 Å². The van der Waals surface area contributed by atoms with Crippen LogP contribution in [0, 0.1) is 5.92 Å². The van der Waals surface area contributed by atoms with Crippen molar-refractivity contribution in [3.8, 4) is 0 Å². The number of aliphatic imine (C=N–C) groups is 1. The Kier molecular flexibility index (Phi) is 4.06. The first-order chi connectivity index (χ1) is 9.79. The van der Waals surface area contributed by atoms with E-state index in [0.29, 0.717) is 5.92 Å². The first kappa shape index (κ1) is 13.6. The summed E-state index contributed by atoms with van der Waals surface area (Å²) < 4.78 is 0. The molecule has 3 heteroatoms. The molecule has 1 aromatic carbocycles. The van der Waals surface area contributed by atoms with Gasteiger partial charge in [-0.2, -0.15) is 0 Å². The van der Waals surface area contributed by atoms with E-state index in [4.69, 9.17) is 4.99 Å². The van der Waals surface area contributed by atoms with Gasteiger partial charge in [-0.05, 0) is 37.8 Å². The van der Waals surface area contributed by atoms with Crippen LogP contribution in [0.3, 0.4) is 0 Å². The van der Waals surface area contributed by atoms with Crippen molar-refractivity contribution >= 4 is 17.1 Å². The molecular weight excluding hydrogens is 248 g/mol. The molecule has 2 aliphatic rings. The van der Waals surface area contributed by atoms with E-state index in [1.807, 2.05) is 12.1 Å². The van der Waals surface area contributed by atoms with Crippen LogP contribution in [0.2, 0.25) is 0 Å². The Bertz CT molecular complexity index is 492. The Balaban J connectivity index is 1.85. The van der Waals surface area contributed by atoms with Gasteiger partial charge in [-0.3, -0.25) is 4.99 Å². The van der Waals surface area contributed by atoms with Crippen LogP contribution in [0.5, 0.6) is 0 Å². The van der Waals surface area contributed by atoms with Gasteiger partial charge in [0.25, 0.3) is 0 Å². The standard InChI is InChI=1S/C17H24N2O/c1-2-19-12-15(17(20)13-8-4-3-5-9-13)18-14-10-6-7-11-16(14)19/h6-7,10-11,13,17,20H,2-5,8-9,12H2,1H3. The van der Waals surface area contributed by atoms with Crippen molar-refractivity contribution < 1.29 is 5.11 Å². The van der Waals surface area contributed by atoms with Crippen LogP contribution in [0.1, 0.15) is 39.0 Å². The van der Waals surface area contributed by atoms with E-state index in [0.717, 1.165) is 37.3 Å². The van der Waals surface area contributed by atoms with Crippen LogP contribution < -0.4 is 4.90 Å². The summed E-state index contributed by atoms with van der Waals surface area (Å²) in [6.07, 6.45) is 5.76. The van der Waals surface area contributed by atoms with Gasteiger partial charge in [0.05, 0.1) is 29.7 Å². The first-order valence-electron chi connectivity index (χ1n) is 7.89. The fraction of sp³-hybridized carbons (Fsp3) is 0.588. The minimum Gasteiger partial charge on any atom is -0.387 e. The molecule has 1 fully saturated rings. The average molecular weight is 272 g/mol. The first-order valence-corrected chi connectivity index (χ1v) is 7.89. The summed E-state index contributed by atoms with van der Waals surface area (Å²) in [5, 5.41) is 10.7. The maximum atomic E-state index is 10.7. The molecule has 1 aliphatic heterocycles. The molecule has 3 rings (SSSR count). The molecular formula is C17H24N2O. The zero-order valence-electron chi connectivity index (χ0n) is 12.3. The van der Waals surface area contributed by atoms with Gasteiger partial charge in [0, 0.05) is 6.54 Å². The Morgan fingerprint density at radius 2 is 2.00 bits per heavy atom. The predicted octanol–water partition coefficient (Wildman–Crippen LogP) is 3.54. The van der Waals surface area contributed by atoms with E-state index in [2.05, 4.69) is 24.0 Å². The van der Waals surface area contributed by atoms with Crippen LogP contribution in [-0.2, 0) is 0 Å². The summed E-state index contributed by atoms with van der Waals surface area (Å²) in [6, 6.07) is 8.24. The van der Waals surface area contributed by atoms with Gasteiger partial charge in [-0.1, -0.05) is 31.4 Å². The highest BCUT2D eigenvalue weighted by atomic mass is 16.3. The van der Waals surface area contributed by atoms with Crippen molar-refractivity contribution in [1.82, 2.24) is 0 Å². The number of benzene rings is 1. The second kappa shape index (κ2) is 5.96. The monoisotopic (exact) mass is 272 g/mol. The van der Waals surface area contributed by atoms with Gasteiger partial charge in [0.2, 0.25) is 0 Å². The van der Waals surface area contributed by atoms with Crippen molar-refractivity contribution in [3.63, 3.8) is 0 Å². The zero-order valence-corrected chi connectivity index (χ0v) is 12.3. The molecule has 1 aliphatic carbocycles. The molecule has 108 valence electrons. The summed E-state index contributed by atoms with van der Waals surface area (Å²) in [4.78, 5) is 7.05. The molecule has 1 unspecified atom stereocenters. The number of aliphatic hydroxyl groups excluding tert-OH is 1. The molecule has 1 atom stereocenters. The molecule has 20 heavy (non-hydrogen) atoms. The Hall–Kier alpha value is -1.35. The van der Waals surface area contributed by atoms with Crippen LogP contribution >= 0.6 is 0 Å². The Morgan fingerprint density at radius 1 is 1.25 bits per heavy atom. The Labute approximate surface area is 121 Å². The van der Waals surface area contributed by atoms with Gasteiger partial charge >= 0.3 is 0 Å². The molecule has 0 bridgehead atoms. The quantitative estimate of drug-likeness (QED) is 0.913. The molecule has 1 N–H and O–H groups in total. The van der Waals surface area contributed by atoms with Gasteiger partial charge in [-0.25, -0.2) is 0 Å². The molecule has 3 nitrogen and oxygen atoms in total. The third-order valence-electron chi connectivity index (χ3n) is 4.66. The molecule has 1 saturated carbocycles. The number of hydrogen-bond acceptors (Lipinski definition) is 3. The third-order valence-corrected chi connectivity index (χ3v) is 4.66. The maximum Gasteiger partial charge on any atom is 0.0967 e. The molecule has 0 spiro atoms. The van der Waals surface area contributed by atoms with E-state index in [1.54, 1.807) is 0 Å². The third kappa shape index (κ3) is 2.59. The fourth-order valence-electron chi connectivity index (χ4n) is 3.46. The van der Waals surface area contributed by atoms with E-state index in [9.17, 15) is 5.11 Å². The number of fused-ring (bicyclic) bond motifs is 1. The maximum absolute atomic E-state index is 10.7. The zero-order chi connectivity index (χ0) is 13.9. The lowest BCUT2D eigenvalue weighted by atomic mass is 9.83. The molecule has 1 heterocycles. The molecule has 1 aromatic rings. The topological polar surface area (TPSA) is 35.8 Å². The highest BCUT2D eigenvalue weighted by Crippen LogP contribution is 2.34. The van der Waals surface area contributed by atoms with Crippen molar-refractivity contribution in [2.45, 2.75) is 45.1 Å². The van der Waals surface area contributed by atoms with Crippen LogP contribution in [0.15, 0.2) is 29.3 Å². The Morgan fingerprint density at radius 3 is 2.75 bits per heavy atom. The lowest BCUT2D eigenvalue weighted by Crippen LogP contribution is -2.41. The number of hydrogen-bond donors (Lipinski definition) is 1. The number of anilines is 1. The molecule has 0 amide bonds. The van der Waals surface area contributed by atoms with E-state index >= 15 is 0 Å². The minimum atomic E-state index is -0.363. The smallest absolute Gasteiger partial charge is 0.0967 e. The molecule has 0 aromatic heterocycles. The summed E-state index contributed by atoms with van der Waals surface area (Å²) in [6.45, 7) is 3.88. The van der Waals surface area contributed by atoms with Crippen molar-refractivity contribution in [1.29, 1.82) is 0 Å². The summed E-state index contributed by atoms with van der Waals surface area (Å²) >= 11 is 0. The number of para-hydroxylation sites is 2. The second-order valence-electron chi connectivity index (χ2n) is 5.95. The van der Waals surface area contributed by atoms with Crippen LogP contribution in [-0.4, -0.2) is 30.0 Å². The van der Waals surface area contributed by atoms with Crippen LogP contribution in [0.25, 0.3) is 0 Å². The normalized spacial score (nSPS) is 21.3. The number of rotatable bonds is 3. The average Bonchev–Trinajstić information content (AvgIpc) is 2.54. The largest absolute Gasteiger partial charge is 0.387 e. The minimum absolute atomic E-state index is 0.363. The van der Waals surface area contributed by atoms with Gasteiger partial charge in [0.15, 0.2) is 0 Å². The van der Waals surface area contributed by atoms with Gasteiger partial charge in [-0.15, -0.1) is 0 Å². The van der Waals surface area contributed by atoms with Crippen molar-refractivity contribution in [3.05, 3.63) is 24.3 Å². The van der Waals surface area contributed by atoms with Gasteiger partial charge < -0.3 is 10.0 Å². The predicted molar refractivity (Wildman–Crippen MR) is 84.0 cm³/mol. The summed E-state index contributed by atoms with van der Waals surface area (Å²) in [5.41, 5.74) is 3.15. The highest BCUT2D eigenvalue weighted by molar-refractivity contribution is 5.98. The second-order valence-corrected chi connectivity index (χ2v) is 5.95. The van der Waals surface area contributed by atoms with Crippen molar-refractivity contribution in [2.24, 2.45) is 10.9 Å². The summed E-state index contributed by atoms with van der Waals surface area (Å²) in [5.74, 6) is 0.409. The number of aliphatic hydroxyl groups is 1. The SMILES string of the molecule is CCN1CC(C(O)C2CCCCC2)=Nc2ccccc21. The van der Waals surface area contributed by atoms with Crippen LogP contribution in [0.4, 0.5) is 11.4 Å². The molecule has 0 saturated heterocycles. The highest BCUT2D eigenvalue weighted by Gasteiger charge is 2.29. The van der Waals surface area contributed by atoms with Crippen molar-refractivity contribution in [2.75, 3.05) is 18.0 Å². The fourth-order valence-corrected chi connectivity index (χ4v) is 3.46. The lowest BCUT2D eigenvalue weighted by Gasteiger charge is -2.34. The van der Waals surface area contributed by atoms with E-state index in [1.165, 1.54) is 24.9 Å². The van der Waals surface area contributed by atoms with E-state index in [-0.39, 0.29) is 6.10 Å².